The van der Waals surface area contributed by atoms with Crippen LogP contribution >= 0.6 is 11.6 Å². The Morgan fingerprint density at radius 2 is 2.27 bits per heavy atom. The van der Waals surface area contributed by atoms with Gasteiger partial charge in [0.1, 0.15) is 5.15 Å². The molecule has 15 heavy (non-hydrogen) atoms. The van der Waals surface area contributed by atoms with Crippen molar-refractivity contribution >= 4 is 23.1 Å². The van der Waals surface area contributed by atoms with Crippen molar-refractivity contribution in [2.45, 2.75) is 25.3 Å². The van der Waals surface area contributed by atoms with Gasteiger partial charge in [0.25, 0.3) is 0 Å². The molecule has 0 aromatic carbocycles. The maximum Gasteiger partial charge on any atom is 0.168 e. The number of anilines is 1. The van der Waals surface area contributed by atoms with Gasteiger partial charge in [0, 0.05) is 25.2 Å². The van der Waals surface area contributed by atoms with Gasteiger partial charge in [0.2, 0.25) is 0 Å². The number of ketones is 1. The quantitative estimate of drug-likeness (QED) is 0.684. The highest BCUT2D eigenvalue weighted by Crippen LogP contribution is 2.37. The monoisotopic (exact) mass is 222 g/mol. The number of hydrogen-bond acceptors (Lipinski definition) is 3. The summed E-state index contributed by atoms with van der Waals surface area (Å²) in [6.07, 6.45) is 4.67. The van der Waals surface area contributed by atoms with E-state index in [1.54, 1.807) is 6.20 Å². The number of pyridine rings is 1. The minimum absolute atomic E-state index is 0.186. The SMILES string of the molecule is O=C1CCN(C2CC2)c2cc(Cl)ncc21. The summed E-state index contributed by atoms with van der Waals surface area (Å²) in [5, 5.41) is 0.467. The molecule has 4 heteroatoms. The van der Waals surface area contributed by atoms with E-state index in [1.165, 1.54) is 12.8 Å². The lowest BCUT2D eigenvalue weighted by Crippen LogP contribution is -2.34. The first-order valence-electron chi connectivity index (χ1n) is 5.21. The van der Waals surface area contributed by atoms with Gasteiger partial charge in [-0.25, -0.2) is 4.98 Å². The summed E-state index contributed by atoms with van der Waals surface area (Å²) < 4.78 is 0. The van der Waals surface area contributed by atoms with Crippen LogP contribution in [0.25, 0.3) is 0 Å². The molecule has 0 bridgehead atoms. The third-order valence-corrected chi connectivity index (χ3v) is 3.23. The van der Waals surface area contributed by atoms with Gasteiger partial charge in [-0.1, -0.05) is 11.6 Å². The lowest BCUT2D eigenvalue weighted by Gasteiger charge is -2.30. The van der Waals surface area contributed by atoms with Crippen molar-refractivity contribution < 1.29 is 4.79 Å². The zero-order chi connectivity index (χ0) is 10.4. The number of nitrogens with zero attached hydrogens (tertiary/aromatic N) is 2. The predicted molar refractivity (Wildman–Crippen MR) is 58.6 cm³/mol. The lowest BCUT2D eigenvalue weighted by molar-refractivity contribution is 0.0979. The number of aromatic nitrogens is 1. The Kier molecular flexibility index (Phi) is 1.96. The molecule has 1 aliphatic heterocycles. The van der Waals surface area contributed by atoms with Crippen LogP contribution in [0, 0.1) is 0 Å². The van der Waals surface area contributed by atoms with Gasteiger partial charge < -0.3 is 4.90 Å². The van der Waals surface area contributed by atoms with Crippen LogP contribution in [0.4, 0.5) is 5.69 Å². The molecule has 0 unspecified atom stereocenters. The highest BCUT2D eigenvalue weighted by Gasteiger charge is 2.34. The van der Waals surface area contributed by atoms with Gasteiger partial charge >= 0.3 is 0 Å². The van der Waals surface area contributed by atoms with Gasteiger partial charge in [-0.3, -0.25) is 4.79 Å². The van der Waals surface area contributed by atoms with Crippen LogP contribution in [0.3, 0.4) is 0 Å². The number of Topliss-reactive ketones (excluding diaryl/α,β-unsaturated/α-hetero) is 1. The van der Waals surface area contributed by atoms with E-state index < -0.39 is 0 Å². The number of carbonyl (C=O) groups excluding carboxylic acids is 1. The topological polar surface area (TPSA) is 33.2 Å². The van der Waals surface area contributed by atoms with Gasteiger partial charge in [-0.05, 0) is 18.9 Å². The maximum absolute atomic E-state index is 11.7. The standard InChI is InChI=1S/C11H11ClN2O/c12-11-5-9-8(6-13-11)10(15)3-4-14(9)7-1-2-7/h5-7H,1-4H2. The Morgan fingerprint density at radius 1 is 1.47 bits per heavy atom. The smallest absolute Gasteiger partial charge is 0.168 e. The molecule has 1 saturated carbocycles. The van der Waals surface area contributed by atoms with E-state index in [1.807, 2.05) is 6.07 Å². The summed E-state index contributed by atoms with van der Waals surface area (Å²) in [7, 11) is 0. The molecule has 3 rings (SSSR count). The minimum atomic E-state index is 0.186. The van der Waals surface area contributed by atoms with Crippen LogP contribution in [0.15, 0.2) is 12.3 Å². The number of halogens is 1. The van der Waals surface area contributed by atoms with Crippen LogP contribution in [0.5, 0.6) is 0 Å². The first kappa shape index (κ1) is 9.16. The number of rotatable bonds is 1. The summed E-state index contributed by atoms with van der Waals surface area (Å²) in [6.45, 7) is 0.830. The average Bonchev–Trinajstić information content (AvgIpc) is 3.02. The second-order valence-electron chi connectivity index (χ2n) is 4.12. The van der Waals surface area contributed by atoms with Gasteiger partial charge in [0.15, 0.2) is 5.78 Å². The van der Waals surface area contributed by atoms with Crippen LogP contribution < -0.4 is 4.90 Å². The van der Waals surface area contributed by atoms with E-state index in [-0.39, 0.29) is 5.78 Å². The molecule has 0 amide bonds. The van der Waals surface area contributed by atoms with Crippen molar-refractivity contribution in [3.8, 4) is 0 Å². The van der Waals surface area contributed by atoms with E-state index in [4.69, 9.17) is 11.6 Å². The summed E-state index contributed by atoms with van der Waals surface area (Å²) >= 11 is 5.87. The molecule has 0 saturated heterocycles. The van der Waals surface area contributed by atoms with E-state index in [9.17, 15) is 4.79 Å². The van der Waals surface area contributed by atoms with Crippen molar-refractivity contribution in [3.63, 3.8) is 0 Å². The third-order valence-electron chi connectivity index (χ3n) is 3.03. The molecule has 0 atom stereocenters. The predicted octanol–water partition coefficient (Wildman–Crippen LogP) is 2.29. The van der Waals surface area contributed by atoms with Crippen molar-refractivity contribution in [2.75, 3.05) is 11.4 Å². The second kappa shape index (κ2) is 3.20. The highest BCUT2D eigenvalue weighted by atomic mass is 35.5. The molecule has 3 nitrogen and oxygen atoms in total. The molecule has 0 N–H and O–H groups in total. The second-order valence-corrected chi connectivity index (χ2v) is 4.51. The third kappa shape index (κ3) is 1.51. The van der Waals surface area contributed by atoms with Crippen LogP contribution in [-0.4, -0.2) is 23.4 Å². The zero-order valence-electron chi connectivity index (χ0n) is 8.24. The fourth-order valence-electron chi connectivity index (χ4n) is 2.12. The Bertz CT molecular complexity index is 429. The van der Waals surface area contributed by atoms with E-state index in [0.717, 1.165) is 17.8 Å². The first-order valence-corrected chi connectivity index (χ1v) is 5.59. The molecule has 1 aliphatic carbocycles. The highest BCUT2D eigenvalue weighted by molar-refractivity contribution is 6.29. The Hall–Kier alpha value is -1.09. The molecule has 1 aromatic heterocycles. The molecule has 2 heterocycles. The van der Waals surface area contributed by atoms with Gasteiger partial charge in [-0.2, -0.15) is 0 Å². The van der Waals surface area contributed by atoms with E-state index in [2.05, 4.69) is 9.88 Å². The average molecular weight is 223 g/mol. The van der Waals surface area contributed by atoms with Crippen molar-refractivity contribution in [1.29, 1.82) is 0 Å². The summed E-state index contributed by atoms with van der Waals surface area (Å²) in [5.41, 5.74) is 1.71. The molecule has 2 aliphatic rings. The molecule has 1 fully saturated rings. The van der Waals surface area contributed by atoms with E-state index in [0.29, 0.717) is 17.6 Å². The number of hydrogen-bond donors (Lipinski definition) is 0. The largest absolute Gasteiger partial charge is 0.367 e. The Labute approximate surface area is 93.1 Å². The van der Waals surface area contributed by atoms with Crippen molar-refractivity contribution in [2.24, 2.45) is 0 Å². The van der Waals surface area contributed by atoms with Crippen molar-refractivity contribution in [1.82, 2.24) is 4.98 Å². The lowest BCUT2D eigenvalue weighted by atomic mass is 10.0. The molecular weight excluding hydrogens is 212 g/mol. The molecule has 78 valence electrons. The summed E-state index contributed by atoms with van der Waals surface area (Å²) in [5.74, 6) is 0.186. The Balaban J connectivity index is 2.09. The molecule has 0 radical (unpaired) electrons. The van der Waals surface area contributed by atoms with Gasteiger partial charge in [0.05, 0.1) is 11.3 Å². The molecular formula is C11H11ClN2O. The zero-order valence-corrected chi connectivity index (χ0v) is 9.00. The van der Waals surface area contributed by atoms with Crippen molar-refractivity contribution in [3.05, 3.63) is 23.0 Å². The van der Waals surface area contributed by atoms with Crippen LogP contribution in [-0.2, 0) is 0 Å². The Morgan fingerprint density at radius 3 is 3.00 bits per heavy atom. The molecule has 0 spiro atoms. The minimum Gasteiger partial charge on any atom is -0.367 e. The van der Waals surface area contributed by atoms with Gasteiger partial charge in [-0.15, -0.1) is 0 Å². The van der Waals surface area contributed by atoms with Crippen LogP contribution in [0.1, 0.15) is 29.6 Å². The maximum atomic E-state index is 11.7. The molecule has 1 aromatic rings. The first-order chi connectivity index (χ1) is 7.25. The van der Waals surface area contributed by atoms with E-state index >= 15 is 0 Å². The fourth-order valence-corrected chi connectivity index (χ4v) is 2.27. The number of carbonyl (C=O) groups is 1. The number of fused-ring (bicyclic) bond motifs is 1. The fraction of sp³-hybridized carbons (Fsp3) is 0.455. The summed E-state index contributed by atoms with van der Waals surface area (Å²) in [6, 6.07) is 2.43. The summed E-state index contributed by atoms with van der Waals surface area (Å²) in [4.78, 5) is 17.9. The van der Waals surface area contributed by atoms with Crippen LogP contribution in [0.2, 0.25) is 5.15 Å². The normalized spacial score (nSPS) is 20.3.